The quantitative estimate of drug-likeness (QED) is 0.868. The Morgan fingerprint density at radius 1 is 1.07 bits per heavy atom. The van der Waals surface area contributed by atoms with Crippen LogP contribution in [0.15, 0.2) is 29.1 Å². The van der Waals surface area contributed by atoms with Gasteiger partial charge in [-0.1, -0.05) is 18.2 Å². The lowest BCUT2D eigenvalue weighted by Crippen LogP contribution is -2.54. The van der Waals surface area contributed by atoms with E-state index in [0.717, 1.165) is 35.1 Å². The van der Waals surface area contributed by atoms with Gasteiger partial charge >= 0.3 is 6.03 Å². The second-order valence-corrected chi connectivity index (χ2v) is 7.31. The molecule has 3 heterocycles. The Bertz CT molecular complexity index is 880. The molecule has 27 heavy (non-hydrogen) atoms. The van der Waals surface area contributed by atoms with Gasteiger partial charge in [-0.2, -0.15) is 0 Å². The number of pyridine rings is 1. The number of morpholine rings is 1. The van der Waals surface area contributed by atoms with E-state index in [4.69, 9.17) is 4.74 Å². The zero-order chi connectivity index (χ0) is 18.8. The number of para-hydroxylation sites is 1. The summed E-state index contributed by atoms with van der Waals surface area (Å²) in [6.07, 6.45) is 0. The van der Waals surface area contributed by atoms with Crippen LogP contribution < -0.4 is 5.56 Å². The van der Waals surface area contributed by atoms with Gasteiger partial charge in [-0.3, -0.25) is 9.69 Å². The van der Waals surface area contributed by atoms with E-state index in [2.05, 4.69) is 9.88 Å². The van der Waals surface area contributed by atoms with Crippen LogP contribution in [0, 0.1) is 6.92 Å². The Morgan fingerprint density at radius 3 is 2.52 bits per heavy atom. The highest BCUT2D eigenvalue weighted by Gasteiger charge is 2.26. The lowest BCUT2D eigenvalue weighted by atomic mass is 10.1. The molecule has 7 heteroatoms. The fraction of sp³-hybridized carbons (Fsp3) is 0.500. The monoisotopic (exact) mass is 370 g/mol. The third-order valence-electron chi connectivity index (χ3n) is 5.48. The first-order valence-corrected chi connectivity index (χ1v) is 9.57. The third-order valence-corrected chi connectivity index (χ3v) is 5.48. The van der Waals surface area contributed by atoms with Crippen LogP contribution in [0.25, 0.3) is 10.9 Å². The van der Waals surface area contributed by atoms with E-state index in [9.17, 15) is 9.59 Å². The van der Waals surface area contributed by atoms with Gasteiger partial charge in [-0.05, 0) is 23.9 Å². The average Bonchev–Trinajstić information content (AvgIpc) is 2.70. The van der Waals surface area contributed by atoms with Crippen molar-refractivity contribution in [2.75, 3.05) is 52.5 Å². The number of benzene rings is 1. The van der Waals surface area contributed by atoms with Crippen molar-refractivity contribution in [1.29, 1.82) is 0 Å². The Balaban J connectivity index is 1.39. The third kappa shape index (κ3) is 3.84. The van der Waals surface area contributed by atoms with Crippen molar-refractivity contribution >= 4 is 16.9 Å². The van der Waals surface area contributed by atoms with Gasteiger partial charge in [0.05, 0.1) is 18.7 Å². The summed E-state index contributed by atoms with van der Waals surface area (Å²) in [5.41, 5.74) is 2.74. The molecule has 2 aliphatic heterocycles. The second-order valence-electron chi connectivity index (χ2n) is 7.31. The predicted molar refractivity (Wildman–Crippen MR) is 104 cm³/mol. The van der Waals surface area contributed by atoms with E-state index in [-0.39, 0.29) is 11.6 Å². The molecule has 2 amide bonds. The topological polar surface area (TPSA) is 68.9 Å². The minimum Gasteiger partial charge on any atom is -0.378 e. The van der Waals surface area contributed by atoms with Gasteiger partial charge in [0.2, 0.25) is 0 Å². The number of urea groups is 1. The van der Waals surface area contributed by atoms with Crippen molar-refractivity contribution in [1.82, 2.24) is 19.7 Å². The molecular formula is C20H26N4O3. The number of aryl methyl sites for hydroxylation is 1. The van der Waals surface area contributed by atoms with Crippen LogP contribution in [0.5, 0.6) is 0 Å². The minimum absolute atomic E-state index is 0.0244. The number of nitrogens with zero attached hydrogens (tertiary/aromatic N) is 3. The van der Waals surface area contributed by atoms with E-state index in [1.807, 2.05) is 41.0 Å². The molecule has 0 atom stereocenters. The van der Waals surface area contributed by atoms with E-state index in [1.54, 1.807) is 0 Å². The zero-order valence-corrected chi connectivity index (χ0v) is 15.7. The Morgan fingerprint density at radius 2 is 1.78 bits per heavy atom. The van der Waals surface area contributed by atoms with Crippen LogP contribution in [0.4, 0.5) is 4.79 Å². The number of H-pyrrole nitrogens is 1. The molecule has 0 spiro atoms. The molecule has 0 saturated carbocycles. The molecule has 4 rings (SSSR count). The van der Waals surface area contributed by atoms with Crippen LogP contribution in [-0.2, 0) is 11.3 Å². The molecule has 7 nitrogen and oxygen atoms in total. The summed E-state index contributed by atoms with van der Waals surface area (Å²) in [7, 11) is 0. The molecule has 2 saturated heterocycles. The van der Waals surface area contributed by atoms with Gasteiger partial charge in [-0.15, -0.1) is 0 Å². The van der Waals surface area contributed by atoms with Crippen LogP contribution in [-0.4, -0.2) is 78.2 Å². The maximum absolute atomic E-state index is 12.6. The molecule has 2 aromatic rings. The number of rotatable bonds is 2. The Kier molecular flexibility index (Phi) is 5.13. The largest absolute Gasteiger partial charge is 0.378 e. The average molecular weight is 370 g/mol. The fourth-order valence-corrected chi connectivity index (χ4v) is 3.84. The fourth-order valence-electron chi connectivity index (χ4n) is 3.84. The normalized spacial score (nSPS) is 18.9. The van der Waals surface area contributed by atoms with Crippen molar-refractivity contribution in [3.63, 3.8) is 0 Å². The van der Waals surface area contributed by atoms with Crippen molar-refractivity contribution in [2.45, 2.75) is 13.5 Å². The van der Waals surface area contributed by atoms with Gasteiger partial charge in [0.1, 0.15) is 0 Å². The summed E-state index contributed by atoms with van der Waals surface area (Å²) in [5, 5.41) is 1.06. The minimum atomic E-state index is -0.0244. The maximum atomic E-state index is 12.6. The van der Waals surface area contributed by atoms with Crippen molar-refractivity contribution in [3.8, 4) is 0 Å². The van der Waals surface area contributed by atoms with Gasteiger partial charge in [0, 0.05) is 51.4 Å². The number of piperazine rings is 1. The van der Waals surface area contributed by atoms with E-state index < -0.39 is 0 Å². The molecule has 0 aliphatic carbocycles. The lowest BCUT2D eigenvalue weighted by molar-refractivity contribution is 0.0373. The number of fused-ring (bicyclic) bond motifs is 1. The molecule has 2 aliphatic rings. The number of hydrogen-bond acceptors (Lipinski definition) is 4. The molecule has 2 fully saturated rings. The Labute approximate surface area is 158 Å². The summed E-state index contributed by atoms with van der Waals surface area (Å²) in [4.78, 5) is 34.1. The molecule has 1 aromatic heterocycles. The molecule has 0 radical (unpaired) electrons. The highest BCUT2D eigenvalue weighted by Crippen LogP contribution is 2.16. The maximum Gasteiger partial charge on any atom is 0.320 e. The SMILES string of the molecule is Cc1cccc2cc(CN3CCN(C(=O)N4CCOCC4)CC3)c(=O)[nH]c12. The van der Waals surface area contributed by atoms with Crippen LogP contribution in [0.2, 0.25) is 0 Å². The molecule has 1 aromatic carbocycles. The standard InChI is InChI=1S/C20H26N4O3/c1-15-3-2-4-16-13-17(19(25)21-18(15)16)14-22-5-7-23(8-6-22)20(26)24-9-11-27-12-10-24/h2-4,13H,5-12,14H2,1H3,(H,21,25). The predicted octanol–water partition coefficient (Wildman–Crippen LogP) is 1.41. The number of ether oxygens (including phenoxy) is 1. The highest BCUT2D eigenvalue weighted by atomic mass is 16.5. The summed E-state index contributed by atoms with van der Waals surface area (Å²) in [6.45, 7) is 8.15. The number of aromatic amines is 1. The highest BCUT2D eigenvalue weighted by molar-refractivity contribution is 5.81. The van der Waals surface area contributed by atoms with Crippen molar-refractivity contribution in [3.05, 3.63) is 45.7 Å². The Hall–Kier alpha value is -2.38. The summed E-state index contributed by atoms with van der Waals surface area (Å²) in [6, 6.07) is 8.14. The second kappa shape index (κ2) is 7.70. The smallest absolute Gasteiger partial charge is 0.320 e. The first kappa shape index (κ1) is 18.0. The number of carbonyl (C=O) groups is 1. The number of aromatic nitrogens is 1. The summed E-state index contributed by atoms with van der Waals surface area (Å²) < 4.78 is 5.32. The number of carbonyl (C=O) groups excluding carboxylic acids is 1. The van der Waals surface area contributed by atoms with Crippen LogP contribution in [0.1, 0.15) is 11.1 Å². The van der Waals surface area contributed by atoms with Crippen LogP contribution in [0.3, 0.4) is 0 Å². The van der Waals surface area contributed by atoms with E-state index in [0.29, 0.717) is 45.9 Å². The van der Waals surface area contributed by atoms with Gasteiger partial charge < -0.3 is 19.5 Å². The first-order valence-electron chi connectivity index (χ1n) is 9.57. The van der Waals surface area contributed by atoms with Crippen LogP contribution >= 0.6 is 0 Å². The zero-order valence-electron chi connectivity index (χ0n) is 15.7. The summed E-state index contributed by atoms with van der Waals surface area (Å²) >= 11 is 0. The van der Waals surface area contributed by atoms with E-state index in [1.165, 1.54) is 0 Å². The lowest BCUT2D eigenvalue weighted by Gasteiger charge is -2.38. The van der Waals surface area contributed by atoms with Gasteiger partial charge in [0.25, 0.3) is 5.56 Å². The molecular weight excluding hydrogens is 344 g/mol. The number of hydrogen-bond donors (Lipinski definition) is 1. The molecule has 1 N–H and O–H groups in total. The first-order chi connectivity index (χ1) is 13.1. The molecule has 0 bridgehead atoms. The molecule has 144 valence electrons. The summed E-state index contributed by atoms with van der Waals surface area (Å²) in [5.74, 6) is 0. The van der Waals surface area contributed by atoms with Crippen molar-refractivity contribution in [2.24, 2.45) is 0 Å². The van der Waals surface area contributed by atoms with Gasteiger partial charge in [-0.25, -0.2) is 4.79 Å². The van der Waals surface area contributed by atoms with Gasteiger partial charge in [0.15, 0.2) is 0 Å². The molecule has 0 unspecified atom stereocenters. The number of amides is 2. The van der Waals surface area contributed by atoms with E-state index >= 15 is 0 Å². The van der Waals surface area contributed by atoms with Crippen molar-refractivity contribution < 1.29 is 9.53 Å². The number of nitrogens with one attached hydrogen (secondary N) is 1.